The van der Waals surface area contributed by atoms with Crippen molar-refractivity contribution in [2.24, 2.45) is 11.8 Å². The first-order chi connectivity index (χ1) is 20.7. The Kier molecular flexibility index (Phi) is 6.51. The summed E-state index contributed by atoms with van der Waals surface area (Å²) < 4.78 is 0. The van der Waals surface area contributed by atoms with Gasteiger partial charge in [0.1, 0.15) is 11.5 Å². The zero-order valence-electron chi connectivity index (χ0n) is 24.8. The molecule has 0 aliphatic carbocycles. The largest absolute Gasteiger partial charge is 0.352 e. The molecule has 4 heterocycles. The molecule has 6 heteroatoms. The molecule has 1 saturated heterocycles. The number of hydrogen-bond acceptors (Lipinski definition) is 5. The first kappa shape index (κ1) is 27.5. The maximum absolute atomic E-state index is 15.0. The number of amides is 1. The fourth-order valence-electron chi connectivity index (χ4n) is 7.57. The number of rotatable bonds is 6. The summed E-state index contributed by atoms with van der Waals surface area (Å²) >= 11 is 1.37. The zero-order valence-corrected chi connectivity index (χ0v) is 25.6. The van der Waals surface area contributed by atoms with E-state index >= 15 is 0 Å². The minimum atomic E-state index is -1.30. The van der Waals surface area contributed by atoms with Crippen LogP contribution < -0.4 is 10.2 Å². The van der Waals surface area contributed by atoms with Crippen LogP contribution in [0.15, 0.2) is 90.3 Å². The molecular weight excluding hydrogens is 552 g/mol. The minimum absolute atomic E-state index is 0.136. The molecule has 1 fully saturated rings. The number of carbonyl (C=O) groups is 3. The number of nitrogens with zero attached hydrogens (tertiary/aromatic N) is 1. The number of Topliss-reactive ketones (excluding diaryl/α,β-unsaturated/α-hetero) is 2. The Morgan fingerprint density at radius 1 is 0.953 bits per heavy atom. The number of nitrogens with one attached hydrogen (secondary N) is 1. The summed E-state index contributed by atoms with van der Waals surface area (Å²) in [5.74, 6) is -1.03. The summed E-state index contributed by atoms with van der Waals surface area (Å²) in [7, 11) is 0. The van der Waals surface area contributed by atoms with E-state index < -0.39 is 23.4 Å². The van der Waals surface area contributed by atoms with E-state index in [4.69, 9.17) is 0 Å². The fraction of sp³-hybridized carbons (Fsp3) is 0.270. The second kappa shape index (κ2) is 10.2. The number of benzene rings is 3. The van der Waals surface area contributed by atoms with Crippen LogP contribution >= 0.6 is 11.3 Å². The Hall–Kier alpha value is -4.29. The van der Waals surface area contributed by atoms with Crippen LogP contribution in [-0.2, 0) is 16.6 Å². The van der Waals surface area contributed by atoms with Crippen molar-refractivity contribution < 1.29 is 14.4 Å². The number of ketones is 2. The molecule has 216 valence electrons. The number of aryl methyl sites for hydroxylation is 1. The second-order valence-corrected chi connectivity index (χ2v) is 13.5. The molecule has 1 amide bonds. The van der Waals surface area contributed by atoms with Gasteiger partial charge in [-0.25, -0.2) is 0 Å². The molecule has 3 aliphatic heterocycles. The molecule has 1 aromatic heterocycles. The van der Waals surface area contributed by atoms with Gasteiger partial charge in [0.15, 0.2) is 11.6 Å². The highest BCUT2D eigenvalue weighted by Gasteiger charge is 2.70. The van der Waals surface area contributed by atoms with Gasteiger partial charge in [0, 0.05) is 22.5 Å². The lowest BCUT2D eigenvalue weighted by Gasteiger charge is -2.39. The Bertz CT molecular complexity index is 1800. The molecule has 1 N–H and O–H groups in total. The number of carbonyl (C=O) groups excluding carboxylic acids is 3. The predicted octanol–water partition coefficient (Wildman–Crippen LogP) is 7.50. The maximum atomic E-state index is 15.0. The van der Waals surface area contributed by atoms with Crippen LogP contribution in [0.4, 0.5) is 11.4 Å². The van der Waals surface area contributed by atoms with Crippen molar-refractivity contribution in [2.75, 3.05) is 10.2 Å². The van der Waals surface area contributed by atoms with Crippen LogP contribution in [0.3, 0.4) is 0 Å². The van der Waals surface area contributed by atoms with Crippen molar-refractivity contribution in [1.29, 1.82) is 0 Å². The van der Waals surface area contributed by atoms with Crippen LogP contribution in [0, 0.1) is 18.8 Å². The Morgan fingerprint density at radius 3 is 2.44 bits per heavy atom. The molecular formula is C37H34N2O3S. The summed E-state index contributed by atoms with van der Waals surface area (Å²) in [5, 5.41) is 5.00. The molecule has 0 unspecified atom stereocenters. The summed E-state index contributed by atoms with van der Waals surface area (Å²) in [6, 6.07) is 23.9. The van der Waals surface area contributed by atoms with Crippen molar-refractivity contribution in [3.05, 3.63) is 123 Å². The number of anilines is 2. The summed E-state index contributed by atoms with van der Waals surface area (Å²) in [6.45, 7) is 8.45. The molecule has 1 spiro atoms. The van der Waals surface area contributed by atoms with E-state index in [0.29, 0.717) is 22.0 Å². The van der Waals surface area contributed by atoms with Gasteiger partial charge in [0.05, 0.1) is 16.8 Å². The van der Waals surface area contributed by atoms with E-state index in [1.165, 1.54) is 11.3 Å². The van der Waals surface area contributed by atoms with Gasteiger partial charge in [-0.2, -0.15) is 0 Å². The Morgan fingerprint density at radius 2 is 1.72 bits per heavy atom. The van der Waals surface area contributed by atoms with Crippen LogP contribution in [-0.4, -0.2) is 29.6 Å². The monoisotopic (exact) mass is 586 g/mol. The van der Waals surface area contributed by atoms with E-state index in [2.05, 4.69) is 50.1 Å². The second-order valence-electron chi connectivity index (χ2n) is 12.5. The van der Waals surface area contributed by atoms with Gasteiger partial charge in [-0.15, -0.1) is 11.3 Å². The molecule has 0 saturated carbocycles. The van der Waals surface area contributed by atoms with E-state index in [1.807, 2.05) is 78.2 Å². The average molecular weight is 587 g/mol. The van der Waals surface area contributed by atoms with Gasteiger partial charge in [-0.05, 0) is 72.5 Å². The van der Waals surface area contributed by atoms with Crippen LogP contribution in [0.1, 0.15) is 63.1 Å². The summed E-state index contributed by atoms with van der Waals surface area (Å²) in [4.78, 5) is 46.9. The summed E-state index contributed by atoms with van der Waals surface area (Å²) in [6.07, 6.45) is 3.02. The van der Waals surface area contributed by atoms with E-state index in [9.17, 15) is 14.4 Å². The summed E-state index contributed by atoms with van der Waals surface area (Å²) in [5.41, 5.74) is 5.88. The number of hydrogen-bond donors (Lipinski definition) is 1. The maximum Gasteiger partial charge on any atom is 0.238 e. The highest BCUT2D eigenvalue weighted by molar-refractivity contribution is 7.12. The van der Waals surface area contributed by atoms with E-state index in [0.717, 1.165) is 39.9 Å². The number of allylic oxidation sites excluding steroid dienone is 1. The van der Waals surface area contributed by atoms with Crippen molar-refractivity contribution in [2.45, 2.75) is 51.6 Å². The smallest absolute Gasteiger partial charge is 0.238 e. The molecule has 3 aromatic carbocycles. The number of para-hydroxylation sites is 1. The average Bonchev–Trinajstić information content (AvgIpc) is 3.70. The van der Waals surface area contributed by atoms with Gasteiger partial charge in [0.25, 0.3) is 0 Å². The van der Waals surface area contributed by atoms with Crippen LogP contribution in [0.5, 0.6) is 0 Å². The molecule has 3 aliphatic rings. The van der Waals surface area contributed by atoms with Crippen LogP contribution in [0.25, 0.3) is 5.57 Å². The third kappa shape index (κ3) is 4.07. The lowest BCUT2D eigenvalue weighted by Crippen LogP contribution is -2.51. The first-order valence-electron chi connectivity index (χ1n) is 14.9. The molecule has 4 aromatic rings. The van der Waals surface area contributed by atoms with Crippen molar-refractivity contribution in [1.82, 2.24) is 0 Å². The van der Waals surface area contributed by atoms with E-state index in [-0.39, 0.29) is 17.5 Å². The molecule has 0 bridgehead atoms. The van der Waals surface area contributed by atoms with Crippen molar-refractivity contribution >= 4 is 45.8 Å². The normalized spacial score (nSPS) is 23.6. The van der Waals surface area contributed by atoms with Gasteiger partial charge >= 0.3 is 0 Å². The molecule has 4 atom stereocenters. The Labute approximate surface area is 256 Å². The Balaban J connectivity index is 1.50. The first-order valence-corrected chi connectivity index (χ1v) is 15.8. The highest BCUT2D eigenvalue weighted by atomic mass is 32.1. The van der Waals surface area contributed by atoms with Gasteiger partial charge in [0.2, 0.25) is 5.91 Å². The zero-order chi connectivity index (χ0) is 30.0. The predicted molar refractivity (Wildman–Crippen MR) is 173 cm³/mol. The van der Waals surface area contributed by atoms with Gasteiger partial charge in [-0.1, -0.05) is 80.1 Å². The minimum Gasteiger partial charge on any atom is -0.352 e. The quantitative estimate of drug-likeness (QED) is 0.238. The topological polar surface area (TPSA) is 66.5 Å². The highest BCUT2D eigenvalue weighted by Crippen LogP contribution is 2.59. The van der Waals surface area contributed by atoms with Gasteiger partial charge < -0.3 is 10.2 Å². The van der Waals surface area contributed by atoms with Crippen molar-refractivity contribution in [3.8, 4) is 0 Å². The molecule has 7 rings (SSSR count). The molecule has 43 heavy (non-hydrogen) atoms. The standard InChI is InChI=1S/C37H34N2O3S/c1-21(2)18-24-12-14-25(15-13-24)34(40)32-33(35(41)30-10-7-17-43-30)39-29-16-11-22(3)19-26(29)23(4)20-31(39)37(32)27-8-5-6-9-28(27)38-36(37)42/h5-17,19-21,31-33H,18H2,1-4H3,(H,38,42)/t31-,32+,33+,37-/m1/s1. The van der Waals surface area contributed by atoms with Gasteiger partial charge in [-0.3, -0.25) is 14.4 Å². The SMILES string of the molecule is CC1=C[C@H]2N(c3ccc(C)cc31)[C@H](C(=O)c1cccs1)[C@@H](C(=O)c1ccc(CC(C)C)cc1)[C@]21C(=O)Nc2ccccc21. The van der Waals surface area contributed by atoms with Crippen molar-refractivity contribution in [3.63, 3.8) is 0 Å². The number of fused-ring (bicyclic) bond motifs is 6. The number of thiophene rings is 1. The van der Waals surface area contributed by atoms with Crippen LogP contribution in [0.2, 0.25) is 0 Å². The fourth-order valence-corrected chi connectivity index (χ4v) is 8.26. The molecule has 0 radical (unpaired) electrons. The van der Waals surface area contributed by atoms with E-state index in [1.54, 1.807) is 0 Å². The lowest BCUT2D eigenvalue weighted by molar-refractivity contribution is -0.121. The molecule has 5 nitrogen and oxygen atoms in total. The lowest BCUT2D eigenvalue weighted by atomic mass is 9.64. The third-order valence-corrected chi connectivity index (χ3v) is 10.2. The third-order valence-electron chi connectivity index (χ3n) is 9.33.